The van der Waals surface area contributed by atoms with Crippen LogP contribution in [0, 0.1) is 15.9 Å². The van der Waals surface area contributed by atoms with Crippen molar-refractivity contribution in [2.24, 2.45) is 0 Å². The number of hydrogen-bond donors (Lipinski definition) is 1. The Bertz CT molecular complexity index is 772. The Labute approximate surface area is 133 Å². The van der Waals surface area contributed by atoms with E-state index >= 15 is 0 Å². The molecule has 0 bridgehead atoms. The van der Waals surface area contributed by atoms with Crippen LogP contribution in [0.2, 0.25) is 0 Å². The third-order valence-corrected chi connectivity index (χ3v) is 3.36. The lowest BCUT2D eigenvalue weighted by Crippen LogP contribution is -2.40. The number of nitrogens with zero attached hydrogens (tertiary/aromatic N) is 1. The Morgan fingerprint density at radius 3 is 2.12 bits per heavy atom. The van der Waals surface area contributed by atoms with Gasteiger partial charge in [-0.3, -0.25) is 10.1 Å². The van der Waals surface area contributed by atoms with Crippen molar-refractivity contribution in [3.63, 3.8) is 0 Å². The van der Waals surface area contributed by atoms with E-state index in [1.54, 1.807) is 0 Å². The molecule has 2 aromatic carbocycles. The van der Waals surface area contributed by atoms with Gasteiger partial charge >= 0.3 is 6.18 Å². The minimum atomic E-state index is -5.11. The number of halogens is 4. The summed E-state index contributed by atoms with van der Waals surface area (Å²) in [5, 5.41) is 20.7. The summed E-state index contributed by atoms with van der Waals surface area (Å²) < 4.78 is 53.5. The number of nitro benzene ring substituents is 1. The molecule has 2 aromatic rings. The maximum Gasteiger partial charge on any atom is 0.425 e. The quantitative estimate of drug-likeness (QED) is 0.515. The van der Waals surface area contributed by atoms with Crippen molar-refractivity contribution in [1.82, 2.24) is 0 Å². The predicted molar refractivity (Wildman–Crippen MR) is 78.5 cm³/mol. The second-order valence-corrected chi connectivity index (χ2v) is 4.92. The van der Waals surface area contributed by atoms with Crippen molar-refractivity contribution in [3.05, 3.63) is 81.7 Å². The molecule has 0 spiro atoms. The van der Waals surface area contributed by atoms with Gasteiger partial charge in [-0.25, -0.2) is 4.39 Å². The topological polar surface area (TPSA) is 63.4 Å². The molecule has 126 valence electrons. The Morgan fingerprint density at radius 1 is 1.04 bits per heavy atom. The van der Waals surface area contributed by atoms with Crippen LogP contribution in [0.3, 0.4) is 0 Å². The highest BCUT2D eigenvalue weighted by Crippen LogP contribution is 2.41. The largest absolute Gasteiger partial charge is 0.425 e. The van der Waals surface area contributed by atoms with E-state index in [2.05, 4.69) is 0 Å². The zero-order valence-electron chi connectivity index (χ0n) is 12.0. The molecule has 0 saturated heterocycles. The zero-order valence-corrected chi connectivity index (χ0v) is 12.0. The van der Waals surface area contributed by atoms with E-state index in [1.165, 1.54) is 18.2 Å². The van der Waals surface area contributed by atoms with Gasteiger partial charge in [-0.05, 0) is 29.8 Å². The van der Waals surface area contributed by atoms with Gasteiger partial charge in [-0.2, -0.15) is 13.2 Å². The molecule has 0 heterocycles. The summed E-state index contributed by atoms with van der Waals surface area (Å²) in [5.41, 5.74) is -4.58. The first-order valence-electron chi connectivity index (χ1n) is 6.63. The standard InChI is InChI=1S/C16H11F4NO3/c17-14-4-2-1-3-11(14)9-10-15(22,16(18,19)20)12-5-7-13(8-6-12)21(23)24/h1-10,22H. The van der Waals surface area contributed by atoms with Crippen LogP contribution in [-0.2, 0) is 5.60 Å². The molecule has 0 aliphatic carbocycles. The average Bonchev–Trinajstić information content (AvgIpc) is 2.53. The number of benzene rings is 2. The summed E-state index contributed by atoms with van der Waals surface area (Å²) in [6.07, 6.45) is -3.89. The predicted octanol–water partition coefficient (Wildman–Crippen LogP) is 4.20. The fourth-order valence-corrected chi connectivity index (χ4v) is 2.01. The van der Waals surface area contributed by atoms with Crippen LogP contribution in [0.5, 0.6) is 0 Å². The van der Waals surface area contributed by atoms with Gasteiger partial charge in [0, 0.05) is 17.7 Å². The minimum Gasteiger partial charge on any atom is -0.373 e. The monoisotopic (exact) mass is 341 g/mol. The Hall–Kier alpha value is -2.74. The van der Waals surface area contributed by atoms with Gasteiger partial charge in [-0.1, -0.05) is 24.3 Å². The van der Waals surface area contributed by atoms with Gasteiger partial charge in [0.15, 0.2) is 0 Å². The first-order valence-corrected chi connectivity index (χ1v) is 6.63. The molecule has 8 heteroatoms. The SMILES string of the molecule is O=[N+]([O-])c1ccc(C(O)(C=Cc2ccccc2F)C(F)(F)F)cc1. The summed E-state index contributed by atoms with van der Waals surface area (Å²) in [6, 6.07) is 8.43. The van der Waals surface area contributed by atoms with Gasteiger partial charge in [0.2, 0.25) is 5.60 Å². The van der Waals surface area contributed by atoms with Crippen molar-refractivity contribution >= 4 is 11.8 Å². The summed E-state index contributed by atoms with van der Waals surface area (Å²) in [7, 11) is 0. The van der Waals surface area contributed by atoms with E-state index in [9.17, 15) is 32.8 Å². The van der Waals surface area contributed by atoms with Crippen LogP contribution in [-0.4, -0.2) is 16.2 Å². The summed E-state index contributed by atoms with van der Waals surface area (Å²) in [6.45, 7) is 0. The Kier molecular flexibility index (Phi) is 4.70. The lowest BCUT2D eigenvalue weighted by molar-refractivity contribution is -0.384. The van der Waals surface area contributed by atoms with E-state index in [1.807, 2.05) is 0 Å². The molecule has 0 radical (unpaired) electrons. The first-order chi connectivity index (χ1) is 11.1. The Morgan fingerprint density at radius 2 is 1.62 bits per heavy atom. The molecular weight excluding hydrogens is 330 g/mol. The highest BCUT2D eigenvalue weighted by Gasteiger charge is 2.53. The number of rotatable bonds is 4. The maximum absolute atomic E-state index is 13.5. The molecule has 1 atom stereocenters. The van der Waals surface area contributed by atoms with Crippen molar-refractivity contribution in [1.29, 1.82) is 0 Å². The second-order valence-electron chi connectivity index (χ2n) is 4.92. The molecule has 0 saturated carbocycles. The number of aliphatic hydroxyl groups is 1. The van der Waals surface area contributed by atoms with Gasteiger partial charge in [0.25, 0.3) is 5.69 Å². The third-order valence-electron chi connectivity index (χ3n) is 3.36. The molecular formula is C16H11F4NO3. The normalized spacial score (nSPS) is 14.5. The fraction of sp³-hybridized carbons (Fsp3) is 0.125. The fourth-order valence-electron chi connectivity index (χ4n) is 2.01. The molecule has 1 N–H and O–H groups in total. The summed E-state index contributed by atoms with van der Waals surface area (Å²) in [5.74, 6) is -0.748. The van der Waals surface area contributed by atoms with Crippen LogP contribution in [0.25, 0.3) is 6.08 Å². The molecule has 4 nitrogen and oxygen atoms in total. The van der Waals surface area contributed by atoms with Gasteiger partial charge in [0.1, 0.15) is 5.82 Å². The summed E-state index contributed by atoms with van der Waals surface area (Å²) >= 11 is 0. The van der Waals surface area contributed by atoms with E-state index in [0.29, 0.717) is 6.08 Å². The van der Waals surface area contributed by atoms with Crippen LogP contribution in [0.15, 0.2) is 54.6 Å². The van der Waals surface area contributed by atoms with Gasteiger partial charge < -0.3 is 5.11 Å². The number of hydrogen-bond acceptors (Lipinski definition) is 3. The summed E-state index contributed by atoms with van der Waals surface area (Å²) in [4.78, 5) is 9.80. The second kappa shape index (κ2) is 6.40. The van der Waals surface area contributed by atoms with Gasteiger partial charge in [0.05, 0.1) is 4.92 Å². The highest BCUT2D eigenvalue weighted by molar-refractivity contribution is 5.53. The van der Waals surface area contributed by atoms with Crippen molar-refractivity contribution < 1.29 is 27.6 Å². The van der Waals surface area contributed by atoms with Crippen LogP contribution in [0.4, 0.5) is 23.2 Å². The van der Waals surface area contributed by atoms with Crippen molar-refractivity contribution in [2.45, 2.75) is 11.8 Å². The van der Waals surface area contributed by atoms with E-state index in [0.717, 1.165) is 36.4 Å². The van der Waals surface area contributed by atoms with Crippen molar-refractivity contribution in [2.75, 3.05) is 0 Å². The minimum absolute atomic E-state index is 0.137. The molecule has 2 rings (SSSR count). The molecule has 1 unspecified atom stereocenters. The number of non-ortho nitro benzene ring substituents is 1. The molecule has 0 amide bonds. The van der Waals surface area contributed by atoms with Gasteiger partial charge in [-0.15, -0.1) is 0 Å². The molecule has 0 aromatic heterocycles. The smallest absolute Gasteiger partial charge is 0.373 e. The third kappa shape index (κ3) is 3.43. The lowest BCUT2D eigenvalue weighted by Gasteiger charge is -2.27. The maximum atomic E-state index is 13.5. The average molecular weight is 341 g/mol. The zero-order chi connectivity index (χ0) is 18.0. The van der Waals surface area contributed by atoms with Crippen LogP contribution >= 0.6 is 0 Å². The number of alkyl halides is 3. The van der Waals surface area contributed by atoms with Crippen LogP contribution in [0.1, 0.15) is 11.1 Å². The molecule has 0 aliphatic heterocycles. The van der Waals surface area contributed by atoms with E-state index in [-0.39, 0.29) is 5.56 Å². The van der Waals surface area contributed by atoms with Crippen molar-refractivity contribution in [3.8, 4) is 0 Å². The van der Waals surface area contributed by atoms with Crippen LogP contribution < -0.4 is 0 Å². The van der Waals surface area contributed by atoms with E-state index < -0.39 is 33.8 Å². The lowest BCUT2D eigenvalue weighted by atomic mass is 9.91. The Balaban J connectivity index is 2.47. The number of nitro groups is 1. The first kappa shape index (κ1) is 17.6. The molecule has 0 aliphatic rings. The molecule has 0 fully saturated rings. The highest BCUT2D eigenvalue weighted by atomic mass is 19.4. The van der Waals surface area contributed by atoms with E-state index in [4.69, 9.17) is 0 Å². The molecule has 24 heavy (non-hydrogen) atoms.